The van der Waals surface area contributed by atoms with Crippen molar-refractivity contribution in [3.05, 3.63) is 35.9 Å². The number of thioether (sulfide) groups is 1. The molecule has 1 aromatic carbocycles. The van der Waals surface area contributed by atoms with Gasteiger partial charge >= 0.3 is 0 Å². The first-order valence-corrected chi connectivity index (χ1v) is 5.69. The van der Waals surface area contributed by atoms with Crippen LogP contribution in [0.15, 0.2) is 30.3 Å². The fourth-order valence-electron chi connectivity index (χ4n) is 1.46. The second-order valence-electron chi connectivity index (χ2n) is 3.42. The van der Waals surface area contributed by atoms with Gasteiger partial charge in [-0.25, -0.2) is 0 Å². The molecule has 1 amide bonds. The van der Waals surface area contributed by atoms with Gasteiger partial charge in [0.05, 0.1) is 5.25 Å². The van der Waals surface area contributed by atoms with Crippen LogP contribution in [0.1, 0.15) is 16.8 Å². The summed E-state index contributed by atoms with van der Waals surface area (Å²) in [6, 6.07) is 8.87. The Hall–Kier alpha value is -1.62. The van der Waals surface area contributed by atoms with Crippen molar-refractivity contribution in [2.45, 2.75) is 11.7 Å². The standard InChI is InChI=1S/C11H10N2O2S/c12-11-13-10(15)9(16-11)6-8(14)7-4-2-1-3-5-7/h1-5,9H,6H2,(H2,12,13,15). The molecule has 1 unspecified atom stereocenters. The number of ketones is 1. The minimum atomic E-state index is -0.458. The Labute approximate surface area is 96.9 Å². The molecule has 0 aliphatic carbocycles. The van der Waals surface area contributed by atoms with E-state index in [0.717, 1.165) is 11.8 Å². The lowest BCUT2D eigenvalue weighted by molar-refractivity contribution is -0.118. The third-order valence-electron chi connectivity index (χ3n) is 2.26. The fraction of sp³-hybridized carbons (Fsp3) is 0.182. The minimum Gasteiger partial charge on any atom is -0.305 e. The summed E-state index contributed by atoms with van der Waals surface area (Å²) >= 11 is 1.10. The van der Waals surface area contributed by atoms with Gasteiger partial charge in [0.2, 0.25) is 5.91 Å². The largest absolute Gasteiger partial charge is 0.305 e. The van der Waals surface area contributed by atoms with Gasteiger partial charge < -0.3 is 5.32 Å². The van der Waals surface area contributed by atoms with E-state index in [0.29, 0.717) is 5.56 Å². The molecule has 2 rings (SSSR count). The zero-order chi connectivity index (χ0) is 11.5. The van der Waals surface area contributed by atoms with Crippen LogP contribution in [0, 0.1) is 5.41 Å². The minimum absolute atomic E-state index is 0.0667. The predicted octanol–water partition coefficient (Wildman–Crippen LogP) is 1.43. The maximum Gasteiger partial charge on any atom is 0.239 e. The Balaban J connectivity index is 2.03. The monoisotopic (exact) mass is 234 g/mol. The molecule has 2 N–H and O–H groups in total. The highest BCUT2D eigenvalue weighted by molar-refractivity contribution is 8.15. The van der Waals surface area contributed by atoms with Crippen molar-refractivity contribution in [3.8, 4) is 0 Å². The first-order chi connectivity index (χ1) is 7.66. The first kappa shape index (κ1) is 10.9. The van der Waals surface area contributed by atoms with Crippen LogP contribution in [0.25, 0.3) is 0 Å². The quantitative estimate of drug-likeness (QED) is 0.777. The van der Waals surface area contributed by atoms with E-state index in [9.17, 15) is 9.59 Å². The van der Waals surface area contributed by atoms with E-state index in [1.165, 1.54) is 0 Å². The van der Waals surface area contributed by atoms with Crippen molar-refractivity contribution in [2.24, 2.45) is 0 Å². The van der Waals surface area contributed by atoms with Crippen molar-refractivity contribution < 1.29 is 9.59 Å². The predicted molar refractivity (Wildman–Crippen MR) is 62.6 cm³/mol. The topological polar surface area (TPSA) is 70.0 Å². The van der Waals surface area contributed by atoms with E-state index < -0.39 is 5.25 Å². The molecule has 1 aromatic rings. The Bertz CT molecular complexity index is 445. The second kappa shape index (κ2) is 4.49. The van der Waals surface area contributed by atoms with Crippen LogP contribution in [-0.2, 0) is 4.79 Å². The zero-order valence-corrected chi connectivity index (χ0v) is 9.21. The van der Waals surface area contributed by atoms with E-state index in [1.54, 1.807) is 24.3 Å². The first-order valence-electron chi connectivity index (χ1n) is 4.81. The lowest BCUT2D eigenvalue weighted by Crippen LogP contribution is -2.26. The zero-order valence-electron chi connectivity index (χ0n) is 8.40. The summed E-state index contributed by atoms with van der Waals surface area (Å²) in [6.45, 7) is 0. The van der Waals surface area contributed by atoms with E-state index in [2.05, 4.69) is 5.32 Å². The molecule has 1 atom stereocenters. The normalized spacial score (nSPS) is 19.6. The Morgan fingerprint density at radius 3 is 2.62 bits per heavy atom. The van der Waals surface area contributed by atoms with Crippen LogP contribution in [0.2, 0.25) is 0 Å². The number of hydrogen-bond acceptors (Lipinski definition) is 4. The van der Waals surface area contributed by atoms with Gasteiger partial charge in [-0.3, -0.25) is 15.0 Å². The molecule has 0 aromatic heterocycles. The molecule has 5 heteroatoms. The van der Waals surface area contributed by atoms with Gasteiger partial charge in [-0.2, -0.15) is 0 Å². The molecule has 0 spiro atoms. The van der Waals surface area contributed by atoms with E-state index in [1.807, 2.05) is 6.07 Å². The van der Waals surface area contributed by atoms with E-state index in [-0.39, 0.29) is 23.3 Å². The SMILES string of the molecule is N=C1NC(=O)C(CC(=O)c2ccccc2)S1. The molecule has 1 fully saturated rings. The molecule has 16 heavy (non-hydrogen) atoms. The highest BCUT2D eigenvalue weighted by Gasteiger charge is 2.31. The van der Waals surface area contributed by atoms with Gasteiger partial charge in [0.25, 0.3) is 0 Å². The lowest BCUT2D eigenvalue weighted by atomic mass is 10.1. The van der Waals surface area contributed by atoms with Crippen molar-refractivity contribution in [3.63, 3.8) is 0 Å². The van der Waals surface area contributed by atoms with Crippen LogP contribution < -0.4 is 5.32 Å². The summed E-state index contributed by atoms with van der Waals surface area (Å²) < 4.78 is 0. The highest BCUT2D eigenvalue weighted by atomic mass is 32.2. The fourth-order valence-corrected chi connectivity index (χ4v) is 2.31. The number of rotatable bonds is 3. The summed E-state index contributed by atoms with van der Waals surface area (Å²) in [5, 5.41) is 9.32. The van der Waals surface area contributed by atoms with Crippen LogP contribution in [0.4, 0.5) is 0 Å². The van der Waals surface area contributed by atoms with Gasteiger partial charge in [0, 0.05) is 12.0 Å². The summed E-state index contributed by atoms with van der Waals surface area (Å²) in [6.07, 6.45) is 0.142. The van der Waals surface area contributed by atoms with Crippen LogP contribution in [0.3, 0.4) is 0 Å². The molecular weight excluding hydrogens is 224 g/mol. The van der Waals surface area contributed by atoms with Gasteiger partial charge in [0.1, 0.15) is 0 Å². The number of carbonyl (C=O) groups is 2. The molecule has 1 aliphatic heterocycles. The number of nitrogens with one attached hydrogen (secondary N) is 2. The molecule has 82 valence electrons. The lowest BCUT2D eigenvalue weighted by Gasteiger charge is -2.04. The summed E-state index contributed by atoms with van der Waals surface area (Å²) in [5.74, 6) is -0.317. The van der Waals surface area contributed by atoms with Crippen molar-refractivity contribution >= 4 is 28.6 Å². The van der Waals surface area contributed by atoms with Crippen LogP contribution in [0.5, 0.6) is 0 Å². The number of amidine groups is 1. The number of amides is 1. The Morgan fingerprint density at radius 2 is 2.06 bits per heavy atom. The van der Waals surface area contributed by atoms with Crippen molar-refractivity contribution in [1.29, 1.82) is 5.41 Å². The second-order valence-corrected chi connectivity index (χ2v) is 4.63. The Kier molecular flexibility index (Phi) is 3.05. The van der Waals surface area contributed by atoms with Gasteiger partial charge in [-0.15, -0.1) is 0 Å². The summed E-state index contributed by atoms with van der Waals surface area (Å²) in [4.78, 5) is 23.1. The number of Topliss-reactive ketones (excluding diaryl/α,β-unsaturated/α-hetero) is 1. The molecule has 0 saturated carbocycles. The maximum absolute atomic E-state index is 11.8. The smallest absolute Gasteiger partial charge is 0.239 e. The number of hydrogen-bond donors (Lipinski definition) is 2. The molecule has 0 bridgehead atoms. The molecular formula is C11H10N2O2S. The van der Waals surface area contributed by atoms with Gasteiger partial charge in [-0.1, -0.05) is 42.1 Å². The average molecular weight is 234 g/mol. The molecule has 1 aliphatic rings. The number of carbonyl (C=O) groups excluding carboxylic acids is 2. The Morgan fingerprint density at radius 1 is 1.38 bits per heavy atom. The van der Waals surface area contributed by atoms with E-state index in [4.69, 9.17) is 5.41 Å². The summed E-state index contributed by atoms with van der Waals surface area (Å²) in [5.41, 5.74) is 0.606. The molecule has 1 saturated heterocycles. The molecule has 1 heterocycles. The third kappa shape index (κ3) is 2.30. The van der Waals surface area contributed by atoms with Gasteiger partial charge in [-0.05, 0) is 0 Å². The summed E-state index contributed by atoms with van der Waals surface area (Å²) in [7, 11) is 0. The molecule has 4 nitrogen and oxygen atoms in total. The van der Waals surface area contributed by atoms with Gasteiger partial charge in [0.15, 0.2) is 11.0 Å². The van der Waals surface area contributed by atoms with Crippen LogP contribution >= 0.6 is 11.8 Å². The van der Waals surface area contributed by atoms with Crippen LogP contribution in [-0.4, -0.2) is 22.1 Å². The number of benzene rings is 1. The highest BCUT2D eigenvalue weighted by Crippen LogP contribution is 2.22. The third-order valence-corrected chi connectivity index (χ3v) is 3.26. The molecule has 0 radical (unpaired) electrons. The maximum atomic E-state index is 11.8. The van der Waals surface area contributed by atoms with Crippen molar-refractivity contribution in [1.82, 2.24) is 5.32 Å². The van der Waals surface area contributed by atoms with E-state index >= 15 is 0 Å². The average Bonchev–Trinajstić information content (AvgIpc) is 2.59. The van der Waals surface area contributed by atoms with Crippen molar-refractivity contribution in [2.75, 3.05) is 0 Å².